The predicted molar refractivity (Wildman–Crippen MR) is 148 cm³/mol. The molecular formula is C30H29NO5S. The van der Waals surface area contributed by atoms with E-state index in [0.717, 1.165) is 39.1 Å². The fourth-order valence-corrected chi connectivity index (χ4v) is 4.94. The molecule has 0 bridgehead atoms. The standard InChI is InChI=1S/C30H29NO5S/c32-28(33)10-5-17-31-21-24(20-29(34)35)30-23(6-4-9-27(30)31)14-11-22-12-15-25(16-13-22)36-18-19-37-26-7-2-1-3-8-26/h1-4,6-9,11-16,21H,5,10,17-20H2,(H,32,33)(H,34,35). The Hall–Kier alpha value is -3.97. The van der Waals surface area contributed by atoms with Gasteiger partial charge >= 0.3 is 11.9 Å². The van der Waals surface area contributed by atoms with Crippen LogP contribution in [0, 0.1) is 0 Å². The summed E-state index contributed by atoms with van der Waals surface area (Å²) >= 11 is 1.76. The van der Waals surface area contributed by atoms with Gasteiger partial charge in [-0.2, -0.15) is 0 Å². The first-order valence-corrected chi connectivity index (χ1v) is 13.1. The van der Waals surface area contributed by atoms with E-state index in [1.807, 2.05) is 83.6 Å². The highest BCUT2D eigenvalue weighted by molar-refractivity contribution is 7.99. The molecule has 1 aromatic heterocycles. The van der Waals surface area contributed by atoms with Crippen molar-refractivity contribution in [2.45, 2.75) is 30.7 Å². The Bertz CT molecular complexity index is 1380. The zero-order chi connectivity index (χ0) is 26.0. The number of carboxylic acid groups (broad SMARTS) is 2. The summed E-state index contributed by atoms with van der Waals surface area (Å²) in [5, 5.41) is 19.3. The number of aromatic nitrogens is 1. The third kappa shape index (κ3) is 7.51. The lowest BCUT2D eigenvalue weighted by atomic mass is 10.0. The minimum absolute atomic E-state index is 0.0686. The largest absolute Gasteiger partial charge is 0.493 e. The van der Waals surface area contributed by atoms with E-state index in [-0.39, 0.29) is 12.8 Å². The maximum atomic E-state index is 11.5. The Morgan fingerprint density at radius 2 is 1.68 bits per heavy atom. The molecule has 0 spiro atoms. The van der Waals surface area contributed by atoms with Crippen molar-refractivity contribution < 1.29 is 24.5 Å². The Labute approximate surface area is 220 Å². The average molecular weight is 516 g/mol. The molecule has 0 unspecified atom stereocenters. The number of benzene rings is 3. The highest BCUT2D eigenvalue weighted by Crippen LogP contribution is 2.28. The van der Waals surface area contributed by atoms with Crippen molar-refractivity contribution in [3.05, 3.63) is 95.7 Å². The van der Waals surface area contributed by atoms with Crippen LogP contribution < -0.4 is 4.74 Å². The van der Waals surface area contributed by atoms with Crippen molar-refractivity contribution in [1.82, 2.24) is 4.57 Å². The van der Waals surface area contributed by atoms with Crippen molar-refractivity contribution in [3.8, 4) is 5.75 Å². The van der Waals surface area contributed by atoms with Crippen LogP contribution >= 0.6 is 11.8 Å². The third-order valence-electron chi connectivity index (χ3n) is 5.85. The molecule has 190 valence electrons. The summed E-state index contributed by atoms with van der Waals surface area (Å²) in [7, 11) is 0. The number of carbonyl (C=O) groups is 2. The quantitative estimate of drug-likeness (QED) is 0.120. The van der Waals surface area contributed by atoms with Gasteiger partial charge in [-0.25, -0.2) is 0 Å². The molecule has 2 N–H and O–H groups in total. The molecule has 0 amide bonds. The summed E-state index contributed by atoms with van der Waals surface area (Å²) in [4.78, 5) is 23.6. The third-order valence-corrected chi connectivity index (χ3v) is 6.82. The number of nitrogens with zero attached hydrogens (tertiary/aromatic N) is 1. The van der Waals surface area contributed by atoms with E-state index >= 15 is 0 Å². The molecule has 0 aliphatic rings. The molecule has 0 atom stereocenters. The average Bonchev–Trinajstić information content (AvgIpc) is 3.23. The fourth-order valence-electron chi connectivity index (χ4n) is 4.19. The lowest BCUT2D eigenvalue weighted by molar-refractivity contribution is -0.137. The summed E-state index contributed by atoms with van der Waals surface area (Å²) < 4.78 is 7.82. The number of aliphatic carboxylic acids is 2. The molecular weight excluding hydrogens is 486 g/mol. The lowest BCUT2D eigenvalue weighted by Crippen LogP contribution is -2.01. The molecule has 3 aromatic carbocycles. The van der Waals surface area contributed by atoms with Gasteiger partial charge in [0.1, 0.15) is 5.75 Å². The van der Waals surface area contributed by atoms with Crippen LogP contribution in [-0.4, -0.2) is 39.1 Å². The fraction of sp³-hybridized carbons (Fsp3) is 0.200. The second-order valence-electron chi connectivity index (χ2n) is 8.57. The molecule has 6 nitrogen and oxygen atoms in total. The number of hydrogen-bond donors (Lipinski definition) is 2. The van der Waals surface area contributed by atoms with Crippen molar-refractivity contribution in [3.63, 3.8) is 0 Å². The molecule has 4 aromatic rings. The van der Waals surface area contributed by atoms with Crippen molar-refractivity contribution >= 4 is 46.8 Å². The smallest absolute Gasteiger partial charge is 0.307 e. The molecule has 4 rings (SSSR count). The van der Waals surface area contributed by atoms with Crippen LogP contribution in [0.15, 0.2) is 83.9 Å². The van der Waals surface area contributed by atoms with Crippen LogP contribution in [-0.2, 0) is 22.6 Å². The first-order chi connectivity index (χ1) is 18.0. The highest BCUT2D eigenvalue weighted by atomic mass is 32.2. The van der Waals surface area contributed by atoms with Crippen LogP contribution in [0.3, 0.4) is 0 Å². The maximum absolute atomic E-state index is 11.5. The Balaban J connectivity index is 1.44. The molecule has 0 aliphatic carbocycles. The van der Waals surface area contributed by atoms with Crippen LogP contribution in [0.1, 0.15) is 29.5 Å². The second-order valence-corrected chi connectivity index (χ2v) is 9.74. The number of rotatable bonds is 13. The van der Waals surface area contributed by atoms with Gasteiger partial charge in [0.15, 0.2) is 0 Å². The van der Waals surface area contributed by atoms with E-state index in [2.05, 4.69) is 12.1 Å². The highest BCUT2D eigenvalue weighted by Gasteiger charge is 2.14. The molecule has 0 saturated carbocycles. The molecule has 37 heavy (non-hydrogen) atoms. The van der Waals surface area contributed by atoms with Gasteiger partial charge in [-0.15, -0.1) is 11.8 Å². The van der Waals surface area contributed by atoms with Gasteiger partial charge in [0.2, 0.25) is 0 Å². The van der Waals surface area contributed by atoms with Gasteiger partial charge in [0.25, 0.3) is 0 Å². The van der Waals surface area contributed by atoms with E-state index in [1.165, 1.54) is 4.90 Å². The molecule has 7 heteroatoms. The van der Waals surface area contributed by atoms with Crippen LogP contribution in [0.5, 0.6) is 5.75 Å². The van der Waals surface area contributed by atoms with E-state index in [9.17, 15) is 14.7 Å². The van der Waals surface area contributed by atoms with Crippen molar-refractivity contribution in [1.29, 1.82) is 0 Å². The Kier molecular flexibility index (Phi) is 9.05. The summed E-state index contributed by atoms with van der Waals surface area (Å²) in [6.07, 6.45) is 6.27. The Morgan fingerprint density at radius 1 is 0.892 bits per heavy atom. The summed E-state index contributed by atoms with van der Waals surface area (Å²) in [6, 6.07) is 24.0. The molecule has 0 aliphatic heterocycles. The van der Waals surface area contributed by atoms with E-state index in [0.29, 0.717) is 19.6 Å². The monoisotopic (exact) mass is 515 g/mol. The number of fused-ring (bicyclic) bond motifs is 1. The number of hydrogen-bond acceptors (Lipinski definition) is 4. The first-order valence-electron chi connectivity index (χ1n) is 12.1. The van der Waals surface area contributed by atoms with E-state index < -0.39 is 11.9 Å². The number of thioether (sulfide) groups is 1. The first kappa shape index (κ1) is 26.1. The van der Waals surface area contributed by atoms with Gasteiger partial charge in [0.05, 0.1) is 13.0 Å². The van der Waals surface area contributed by atoms with E-state index in [1.54, 1.807) is 11.8 Å². The second kappa shape index (κ2) is 12.8. The molecule has 0 saturated heterocycles. The zero-order valence-corrected chi connectivity index (χ0v) is 21.2. The normalized spacial score (nSPS) is 11.2. The minimum atomic E-state index is -0.902. The number of aryl methyl sites for hydroxylation is 1. The van der Waals surface area contributed by atoms with Gasteiger partial charge in [-0.05, 0) is 53.4 Å². The van der Waals surface area contributed by atoms with Gasteiger partial charge < -0.3 is 19.5 Å². The SMILES string of the molecule is O=C(O)CCCn1cc(CC(=O)O)c2c(C=Cc3ccc(OCCSc4ccccc4)cc3)cccc21. The predicted octanol–water partition coefficient (Wildman–Crippen LogP) is 6.47. The summed E-state index contributed by atoms with van der Waals surface area (Å²) in [6.45, 7) is 1.13. The van der Waals surface area contributed by atoms with Gasteiger partial charge in [-0.3, -0.25) is 9.59 Å². The lowest BCUT2D eigenvalue weighted by Gasteiger charge is -2.07. The van der Waals surface area contributed by atoms with Crippen LogP contribution in [0.2, 0.25) is 0 Å². The molecule has 1 heterocycles. The van der Waals surface area contributed by atoms with Crippen molar-refractivity contribution in [2.24, 2.45) is 0 Å². The van der Waals surface area contributed by atoms with Crippen LogP contribution in [0.4, 0.5) is 0 Å². The number of ether oxygens (including phenoxy) is 1. The van der Waals surface area contributed by atoms with Gasteiger partial charge in [0, 0.05) is 40.7 Å². The van der Waals surface area contributed by atoms with Gasteiger partial charge in [-0.1, -0.05) is 54.6 Å². The summed E-state index contributed by atoms with van der Waals surface area (Å²) in [5.41, 5.74) is 3.55. The minimum Gasteiger partial charge on any atom is -0.493 e. The maximum Gasteiger partial charge on any atom is 0.307 e. The van der Waals surface area contributed by atoms with Crippen LogP contribution in [0.25, 0.3) is 23.1 Å². The Morgan fingerprint density at radius 3 is 2.41 bits per heavy atom. The van der Waals surface area contributed by atoms with E-state index in [4.69, 9.17) is 9.84 Å². The summed E-state index contributed by atoms with van der Waals surface area (Å²) in [5.74, 6) is -0.0610. The molecule has 0 radical (unpaired) electrons. The number of carboxylic acids is 2. The zero-order valence-electron chi connectivity index (χ0n) is 20.4. The van der Waals surface area contributed by atoms with Crippen molar-refractivity contribution in [2.75, 3.05) is 12.4 Å². The molecule has 0 fully saturated rings. The topological polar surface area (TPSA) is 88.8 Å².